The summed E-state index contributed by atoms with van der Waals surface area (Å²) in [5, 5.41) is 0. The molecule has 0 radical (unpaired) electrons. The van der Waals surface area contributed by atoms with E-state index in [2.05, 4.69) is 0 Å². The van der Waals surface area contributed by atoms with Gasteiger partial charge in [-0.15, -0.1) is 0 Å². The van der Waals surface area contributed by atoms with Crippen molar-refractivity contribution in [2.75, 3.05) is 0 Å². The number of alkyl halides is 24. The van der Waals surface area contributed by atoms with Crippen LogP contribution in [0.4, 0.5) is 105 Å². The number of hydrogen-bond donors (Lipinski definition) is 0. The Labute approximate surface area is 377 Å². The molecule has 0 aromatic heterocycles. The molecule has 400 valence electrons. The van der Waals surface area contributed by atoms with Crippen LogP contribution in [0.2, 0.25) is 71.0 Å². The zero-order chi connectivity index (χ0) is 51.8. The fourth-order valence-corrected chi connectivity index (χ4v) is 81.0. The van der Waals surface area contributed by atoms with Gasteiger partial charge >= 0.3 is 118 Å². The minimum atomic E-state index is -5.89. The lowest BCUT2D eigenvalue weighted by atomic mass is 10.5. The maximum absolute atomic E-state index is 14.3. The van der Waals surface area contributed by atoms with Crippen LogP contribution >= 0.6 is 0 Å². The van der Waals surface area contributed by atoms with Crippen LogP contribution < -0.4 is 0 Å². The first-order valence-electron chi connectivity index (χ1n) is 20.3. The van der Waals surface area contributed by atoms with Crippen molar-refractivity contribution in [2.24, 2.45) is 0 Å². The summed E-state index contributed by atoms with van der Waals surface area (Å²) in [7, 11) is -47.1. The molecule has 0 spiro atoms. The molecule has 0 unspecified atom stereocenters. The molecule has 0 amide bonds. The average molecular weight is 1190 g/mol. The van der Waals surface area contributed by atoms with E-state index in [1.807, 2.05) is 0 Å². The molecule has 0 atom stereocenters. The molecule has 6 heterocycles. The third-order valence-corrected chi connectivity index (χ3v) is 60.6. The van der Waals surface area contributed by atoms with Crippen LogP contribution in [0.15, 0.2) is 0 Å². The lowest BCUT2D eigenvalue weighted by molar-refractivity contribution is -0.132. The molecule has 0 saturated carbocycles. The Morgan fingerprint density at radius 3 is 0.353 bits per heavy atom. The fraction of sp³-hybridized carbons (Fsp3) is 1.00. The van der Waals surface area contributed by atoms with E-state index >= 15 is 0 Å². The van der Waals surface area contributed by atoms with Gasteiger partial charge in [-0.3, -0.25) is 0 Å². The van der Waals surface area contributed by atoms with Crippen LogP contribution in [0.3, 0.4) is 0 Å². The number of rotatable bonds is 16. The smallest absolute Gasteiger partial charge is 0.389 e. The van der Waals surface area contributed by atoms with Crippen LogP contribution in [-0.4, -0.2) is 118 Å². The highest BCUT2D eigenvalue weighted by atomic mass is 28.6. The monoisotopic (exact) mass is 1180 g/mol. The molecule has 0 aliphatic carbocycles. The van der Waals surface area contributed by atoms with Crippen molar-refractivity contribution in [1.29, 1.82) is 0 Å². The topological polar surface area (TPSA) is 73.8 Å². The van der Waals surface area contributed by atoms with Crippen molar-refractivity contribution >= 4 is 68.5 Å². The Kier molecular flexibility index (Phi) is 16.2. The summed E-state index contributed by atoms with van der Waals surface area (Å²) in [6.45, 7) is 0. The minimum absolute atomic E-state index is 1.67. The Bertz CT molecular complexity index is 1310. The molecule has 6 aliphatic heterocycles. The molecule has 0 aromatic carbocycles. The molecule has 0 aromatic rings. The lowest BCUT2D eigenvalue weighted by Gasteiger charge is -2.66. The number of hydrogen-bond acceptors (Lipinski definition) is 8. The predicted octanol–water partition coefficient (Wildman–Crippen LogP) is 13.5. The largest absolute Gasteiger partial charge is 0.415 e. The van der Waals surface area contributed by atoms with Gasteiger partial charge in [0.15, 0.2) is 0 Å². The highest BCUT2D eigenvalue weighted by molar-refractivity contribution is 7.13. The summed E-state index contributed by atoms with van der Waals surface area (Å²) in [6, 6.07) is -13.7. The van der Waals surface area contributed by atoms with E-state index in [9.17, 15) is 105 Å². The third-order valence-electron chi connectivity index (χ3n) is 11.4. The van der Waals surface area contributed by atoms with Gasteiger partial charge in [0.1, 0.15) is 0 Å². The molecule has 8 bridgehead atoms. The predicted molar refractivity (Wildman–Crippen MR) is 198 cm³/mol. The maximum atomic E-state index is 14.3. The molecular formula is C28H40F24O8Si8. The molecule has 6 rings (SSSR count). The van der Waals surface area contributed by atoms with Crippen molar-refractivity contribution in [2.45, 2.75) is 172 Å². The third kappa shape index (κ3) is 16.9. The van der Waals surface area contributed by atoms with Gasteiger partial charge < -0.3 is 32.9 Å². The van der Waals surface area contributed by atoms with Crippen LogP contribution in [0, 0.1) is 0 Å². The van der Waals surface area contributed by atoms with Crippen molar-refractivity contribution in [1.82, 2.24) is 0 Å². The van der Waals surface area contributed by atoms with Gasteiger partial charge in [-0.05, 0) is 48.4 Å². The van der Waals surface area contributed by atoms with Crippen molar-refractivity contribution in [3.8, 4) is 0 Å². The Hall–Kier alpha value is -0.265. The molecule has 6 aliphatic rings. The number of halogens is 24. The highest BCUT2D eigenvalue weighted by Gasteiger charge is 2.79. The van der Waals surface area contributed by atoms with Gasteiger partial charge in [0.2, 0.25) is 0 Å². The summed E-state index contributed by atoms with van der Waals surface area (Å²) in [6.07, 6.45) is -60.9. The summed E-state index contributed by atoms with van der Waals surface area (Å²) in [5.74, 6) is 0. The standard InChI is InChI=1S/C28H40F24O8Si8/c29-21(30,31)1-9-61-17-62(10-2-22(32,33)34)54-65(13-5-25(41,42)43)18-63(53-61,11-3-23(35,36)37)59-66(14-6-26(44,45)46)19-64(57-61,12-4-24(38,39)40)55-67(58-62,15-7-27(47,48)49)20-68(56-66,60-65)16-8-28(50,51)52/h1-20H2. The van der Waals surface area contributed by atoms with Crippen LogP contribution in [-0.2, 0) is 32.9 Å². The van der Waals surface area contributed by atoms with Gasteiger partial charge in [0.25, 0.3) is 0 Å². The molecule has 6 fully saturated rings. The Morgan fingerprint density at radius 2 is 0.279 bits per heavy atom. The SMILES string of the molecule is FC(F)(F)CC[Si]12C[Si]3(CCC(F)(F)F)O[Si]4(CCC(F)(F)F)C[Si]5(CCC(F)(F)F)O[Si](CCC(F)(F)F)(C[Si](CCC(F)(F)F)(O1)O4)O[Si](CCC(F)(F)F)(C[Si](CCC(F)(F)F)(O3)O5)O2. The van der Waals surface area contributed by atoms with E-state index in [-0.39, 0.29) is 0 Å². The summed E-state index contributed by atoms with van der Waals surface area (Å²) in [5.41, 5.74) is -6.67. The first kappa shape index (κ1) is 58.6. The summed E-state index contributed by atoms with van der Waals surface area (Å²) >= 11 is 0. The highest BCUT2D eigenvalue weighted by Crippen LogP contribution is 2.60. The van der Waals surface area contributed by atoms with Gasteiger partial charge in [0.05, 0.1) is 0 Å². The van der Waals surface area contributed by atoms with Crippen LogP contribution in [0.1, 0.15) is 51.4 Å². The van der Waals surface area contributed by atoms with Gasteiger partial charge in [-0.1, -0.05) is 0 Å². The zero-order valence-electron chi connectivity index (χ0n) is 34.5. The maximum Gasteiger partial charge on any atom is 0.389 e. The van der Waals surface area contributed by atoms with E-state index < -0.39 is 240 Å². The van der Waals surface area contributed by atoms with E-state index in [0.717, 1.165) is 0 Å². The van der Waals surface area contributed by atoms with E-state index in [0.29, 0.717) is 0 Å². The zero-order valence-corrected chi connectivity index (χ0v) is 42.5. The molecule has 68 heavy (non-hydrogen) atoms. The van der Waals surface area contributed by atoms with E-state index in [1.54, 1.807) is 0 Å². The van der Waals surface area contributed by atoms with Crippen LogP contribution in [0.25, 0.3) is 0 Å². The quantitative estimate of drug-likeness (QED) is 0.112. The Morgan fingerprint density at radius 1 is 0.191 bits per heavy atom. The molecule has 6 saturated heterocycles. The lowest BCUT2D eigenvalue weighted by Crippen LogP contribution is -2.85. The normalized spacial score (nSPS) is 36.4. The van der Waals surface area contributed by atoms with Gasteiger partial charge in [-0.25, -0.2) is 0 Å². The van der Waals surface area contributed by atoms with Gasteiger partial charge in [0, 0.05) is 74.0 Å². The fourth-order valence-electron chi connectivity index (χ4n) is 9.28. The van der Waals surface area contributed by atoms with Gasteiger partial charge in [-0.2, -0.15) is 105 Å². The Balaban J connectivity index is 2.02. The second-order valence-corrected chi connectivity index (χ2v) is 48.5. The van der Waals surface area contributed by atoms with E-state index in [1.165, 1.54) is 0 Å². The average Bonchev–Trinajstić information content (AvgIpc) is 3.06. The van der Waals surface area contributed by atoms with Crippen molar-refractivity contribution in [3.63, 3.8) is 0 Å². The van der Waals surface area contributed by atoms with Crippen LogP contribution in [0.5, 0.6) is 0 Å². The second kappa shape index (κ2) is 18.8. The minimum Gasteiger partial charge on any atom is -0.415 e. The first-order valence-corrected chi connectivity index (χ1v) is 38.1. The van der Waals surface area contributed by atoms with Crippen molar-refractivity contribution < 1.29 is 138 Å². The molecule has 8 nitrogen and oxygen atoms in total. The summed E-state index contributed by atoms with van der Waals surface area (Å²) < 4.78 is 394. The van der Waals surface area contributed by atoms with E-state index in [4.69, 9.17) is 32.9 Å². The van der Waals surface area contributed by atoms with Crippen molar-refractivity contribution in [3.05, 3.63) is 0 Å². The molecular weight excluding hydrogens is 1140 g/mol. The molecule has 40 heteroatoms. The first-order chi connectivity index (χ1) is 30.1. The molecule has 0 N–H and O–H groups in total. The second-order valence-electron chi connectivity index (χ2n) is 17.7. The summed E-state index contributed by atoms with van der Waals surface area (Å²) in [4.78, 5) is 0.